The van der Waals surface area contributed by atoms with E-state index in [2.05, 4.69) is 24.4 Å². The van der Waals surface area contributed by atoms with Crippen molar-refractivity contribution in [3.63, 3.8) is 0 Å². The van der Waals surface area contributed by atoms with Crippen LogP contribution in [0, 0.1) is 6.92 Å². The largest absolute Gasteiger partial charge is 0.497 e. The van der Waals surface area contributed by atoms with Crippen molar-refractivity contribution in [1.82, 2.24) is 4.90 Å². The highest BCUT2D eigenvalue weighted by molar-refractivity contribution is 6.02. The predicted octanol–water partition coefficient (Wildman–Crippen LogP) is 5.19. The number of nitrogens with one attached hydrogen (secondary N) is 1. The average Bonchev–Trinajstić information content (AvgIpc) is 3.68. The third kappa shape index (κ3) is 5.38. The van der Waals surface area contributed by atoms with Gasteiger partial charge >= 0.3 is 0 Å². The van der Waals surface area contributed by atoms with Crippen molar-refractivity contribution in [3.8, 4) is 16.9 Å². The van der Waals surface area contributed by atoms with Crippen molar-refractivity contribution >= 4 is 17.5 Å². The van der Waals surface area contributed by atoms with Crippen LogP contribution in [0.2, 0.25) is 0 Å². The van der Waals surface area contributed by atoms with Gasteiger partial charge in [0.2, 0.25) is 11.8 Å². The second kappa shape index (κ2) is 10.3. The van der Waals surface area contributed by atoms with Gasteiger partial charge in [-0.25, -0.2) is 0 Å². The molecule has 0 aliphatic heterocycles. The van der Waals surface area contributed by atoms with Gasteiger partial charge in [-0.15, -0.1) is 0 Å². The zero-order valence-electron chi connectivity index (χ0n) is 20.8. The summed E-state index contributed by atoms with van der Waals surface area (Å²) < 4.78 is 10.3. The lowest BCUT2D eigenvalue weighted by Gasteiger charge is -2.18. The Labute approximate surface area is 208 Å². The summed E-state index contributed by atoms with van der Waals surface area (Å²) in [6.45, 7) is 2.65. The van der Waals surface area contributed by atoms with E-state index in [1.54, 1.807) is 19.1 Å². The maximum absolute atomic E-state index is 13.3. The number of amides is 2. The van der Waals surface area contributed by atoms with Crippen LogP contribution >= 0.6 is 0 Å². The van der Waals surface area contributed by atoms with Crippen molar-refractivity contribution in [2.45, 2.75) is 31.7 Å². The highest BCUT2D eigenvalue weighted by Crippen LogP contribution is 2.49. The van der Waals surface area contributed by atoms with Crippen LogP contribution in [-0.4, -0.2) is 44.6 Å². The topological polar surface area (TPSA) is 67.9 Å². The van der Waals surface area contributed by atoms with Gasteiger partial charge in [0.05, 0.1) is 12.5 Å². The molecule has 1 fully saturated rings. The number of nitrogens with zero attached hydrogens (tertiary/aromatic N) is 1. The molecule has 0 unspecified atom stereocenters. The van der Waals surface area contributed by atoms with Gasteiger partial charge in [-0.1, -0.05) is 42.5 Å². The minimum atomic E-state index is -0.493. The maximum Gasteiger partial charge on any atom is 0.248 e. The Kier molecular flexibility index (Phi) is 7.22. The highest BCUT2D eigenvalue weighted by Gasteiger charge is 2.51. The number of methoxy groups -OCH3 is 2. The Balaban J connectivity index is 0.00000361. The van der Waals surface area contributed by atoms with E-state index in [0.717, 1.165) is 52.1 Å². The number of hydrogen-bond donors (Lipinski definition) is 1. The van der Waals surface area contributed by atoms with Crippen molar-refractivity contribution < 1.29 is 20.5 Å². The van der Waals surface area contributed by atoms with Crippen LogP contribution < -0.4 is 10.1 Å². The van der Waals surface area contributed by atoms with Gasteiger partial charge in [0.25, 0.3) is 0 Å². The summed E-state index contributed by atoms with van der Waals surface area (Å²) in [7, 11) is 4.92. The summed E-state index contributed by atoms with van der Waals surface area (Å²) >= 11 is 0. The molecule has 4 rings (SSSR count). The molecular weight excluding hydrogens is 440 g/mol. The van der Waals surface area contributed by atoms with Gasteiger partial charge in [-0.2, -0.15) is 0 Å². The monoisotopic (exact) mass is 474 g/mol. The lowest BCUT2D eigenvalue weighted by Crippen LogP contribution is -2.29. The second-order valence-corrected chi connectivity index (χ2v) is 9.18. The number of rotatable bonds is 9. The number of likely N-dealkylation sites (N-methyl/N-ethyl adjacent to an activating group) is 1. The molecule has 0 heterocycles. The first-order valence-electron chi connectivity index (χ1n) is 11.7. The molecule has 1 aliphatic carbocycles. The Hall–Kier alpha value is -3.64. The lowest BCUT2D eigenvalue weighted by atomic mass is 9.94. The molecule has 1 N–H and O–H groups in total. The van der Waals surface area contributed by atoms with Gasteiger partial charge in [0.15, 0.2) is 0 Å². The number of benzene rings is 3. The Morgan fingerprint density at radius 1 is 1.03 bits per heavy atom. The zero-order chi connectivity index (χ0) is 25.0. The third-order valence-corrected chi connectivity index (χ3v) is 6.68. The summed E-state index contributed by atoms with van der Waals surface area (Å²) in [5.41, 5.74) is 5.55. The first-order chi connectivity index (χ1) is 16.9. The van der Waals surface area contributed by atoms with E-state index < -0.39 is 5.41 Å². The fraction of sp³-hybridized carbons (Fsp3) is 0.310. The van der Waals surface area contributed by atoms with Gasteiger partial charge in [-0.05, 0) is 71.8 Å². The van der Waals surface area contributed by atoms with Crippen LogP contribution in [0.15, 0.2) is 66.7 Å². The van der Waals surface area contributed by atoms with Crippen molar-refractivity contribution in [2.75, 3.05) is 33.2 Å². The van der Waals surface area contributed by atoms with Crippen molar-refractivity contribution in [2.24, 2.45) is 0 Å². The molecule has 0 bridgehead atoms. The average molecular weight is 475 g/mol. The number of carbonyl (C=O) groups excluding carboxylic acids is 2. The second-order valence-electron chi connectivity index (χ2n) is 9.18. The molecule has 3 aromatic carbocycles. The number of ether oxygens (including phenoxy) is 2. The van der Waals surface area contributed by atoms with Crippen molar-refractivity contribution in [1.29, 1.82) is 0 Å². The molecular formula is C29H34N2O4. The molecule has 2 amide bonds. The fourth-order valence-electron chi connectivity index (χ4n) is 4.34. The summed E-state index contributed by atoms with van der Waals surface area (Å²) in [5.74, 6) is 0.717. The Bertz CT molecular complexity index is 1220. The third-order valence-electron chi connectivity index (χ3n) is 6.68. The molecule has 6 nitrogen and oxygen atoms in total. The SMILES string of the molecule is COCC(=O)N(C)Cc1ccc(-c2cc(NC(=O)C3(c4cccc(OC)c4)CC3)ccc2C)cc1.[HH]. The molecule has 0 atom stereocenters. The maximum atomic E-state index is 13.3. The number of hydrogen-bond acceptors (Lipinski definition) is 4. The molecule has 0 aromatic heterocycles. The molecule has 1 saturated carbocycles. The van der Waals surface area contributed by atoms with E-state index in [-0.39, 0.29) is 19.8 Å². The molecule has 0 saturated heterocycles. The fourth-order valence-corrected chi connectivity index (χ4v) is 4.34. The minimum Gasteiger partial charge on any atom is -0.497 e. The van der Waals surface area contributed by atoms with Gasteiger partial charge in [0.1, 0.15) is 12.4 Å². The van der Waals surface area contributed by atoms with Gasteiger partial charge < -0.3 is 19.7 Å². The normalized spacial score (nSPS) is 13.7. The summed E-state index contributed by atoms with van der Waals surface area (Å²) in [5, 5.41) is 3.14. The van der Waals surface area contributed by atoms with E-state index in [1.165, 1.54) is 7.11 Å². The van der Waals surface area contributed by atoms with Crippen LogP contribution in [0.1, 0.15) is 31.0 Å². The first kappa shape index (κ1) is 24.5. The van der Waals surface area contributed by atoms with Crippen LogP contribution in [0.3, 0.4) is 0 Å². The van der Waals surface area contributed by atoms with Gasteiger partial charge in [0, 0.05) is 27.8 Å². The highest BCUT2D eigenvalue weighted by atomic mass is 16.5. The molecule has 0 spiro atoms. The van der Waals surface area contributed by atoms with Crippen LogP contribution in [-0.2, 0) is 26.3 Å². The first-order valence-corrected chi connectivity index (χ1v) is 11.7. The number of anilines is 1. The van der Waals surface area contributed by atoms with Crippen LogP contribution in [0.5, 0.6) is 5.75 Å². The van der Waals surface area contributed by atoms with Crippen molar-refractivity contribution in [3.05, 3.63) is 83.4 Å². The number of carbonyl (C=O) groups is 2. The van der Waals surface area contributed by atoms with Crippen LogP contribution in [0.25, 0.3) is 11.1 Å². The van der Waals surface area contributed by atoms with E-state index in [9.17, 15) is 9.59 Å². The zero-order valence-corrected chi connectivity index (χ0v) is 20.8. The summed E-state index contributed by atoms with van der Waals surface area (Å²) in [4.78, 5) is 26.9. The molecule has 6 heteroatoms. The lowest BCUT2D eigenvalue weighted by molar-refractivity contribution is -0.134. The van der Waals surface area contributed by atoms with E-state index in [0.29, 0.717) is 6.54 Å². The molecule has 3 aromatic rings. The standard InChI is InChI=1S/C29H32N2O4.H2/c1-20-8-13-24(30-28(33)29(14-15-29)23-6-5-7-25(16-23)35-4)17-26(20)22-11-9-21(10-12-22)18-31(2)27(32)19-34-3;/h5-13,16-17H,14-15,18-19H2,1-4H3,(H,30,33);1H. The number of aryl methyl sites for hydroxylation is 1. The predicted molar refractivity (Wildman–Crippen MR) is 140 cm³/mol. The van der Waals surface area contributed by atoms with Gasteiger partial charge in [-0.3, -0.25) is 9.59 Å². The molecule has 184 valence electrons. The molecule has 0 radical (unpaired) electrons. The summed E-state index contributed by atoms with van der Waals surface area (Å²) in [6, 6.07) is 21.9. The molecule has 35 heavy (non-hydrogen) atoms. The Morgan fingerprint density at radius 3 is 2.43 bits per heavy atom. The van der Waals surface area contributed by atoms with E-state index >= 15 is 0 Å². The Morgan fingerprint density at radius 2 is 1.77 bits per heavy atom. The quantitative estimate of drug-likeness (QED) is 0.463. The molecule has 1 aliphatic rings. The van der Waals surface area contributed by atoms with Crippen LogP contribution in [0.4, 0.5) is 5.69 Å². The smallest absolute Gasteiger partial charge is 0.248 e. The minimum absolute atomic E-state index is 0. The van der Waals surface area contributed by atoms with E-state index in [1.807, 2.05) is 54.6 Å². The summed E-state index contributed by atoms with van der Waals surface area (Å²) in [6.07, 6.45) is 1.65. The van der Waals surface area contributed by atoms with E-state index in [4.69, 9.17) is 9.47 Å².